The summed E-state index contributed by atoms with van der Waals surface area (Å²) in [4.78, 5) is 11.8. The predicted molar refractivity (Wildman–Crippen MR) is 101 cm³/mol. The molecule has 6 heteroatoms. The second-order valence-corrected chi connectivity index (χ2v) is 6.77. The Morgan fingerprint density at radius 1 is 1.04 bits per heavy atom. The van der Waals surface area contributed by atoms with E-state index in [4.69, 9.17) is 9.97 Å². The minimum atomic E-state index is 0.784. The molecule has 0 atom stereocenters. The van der Waals surface area contributed by atoms with Gasteiger partial charge in [-0.25, -0.2) is 14.6 Å². The van der Waals surface area contributed by atoms with E-state index in [-0.39, 0.29) is 0 Å². The van der Waals surface area contributed by atoms with Gasteiger partial charge in [-0.3, -0.25) is 0 Å². The Hall–Kier alpha value is -2.47. The molecule has 4 rings (SSSR count). The van der Waals surface area contributed by atoms with Crippen LogP contribution in [0.5, 0.6) is 0 Å². The third kappa shape index (κ3) is 2.98. The lowest BCUT2D eigenvalue weighted by Gasteiger charge is -2.22. The molecule has 1 aliphatic heterocycles. The second-order valence-electron chi connectivity index (χ2n) is 6.77. The standard InChI is InChI=1S/C19H24N6/c1-13-5-6-17(14(2)11-13)25-19-16(12-21-25)18(22-15(3)23-19)24-9-4-7-20-8-10-24/h5-6,11-12,20H,4,7-10H2,1-3H3. The molecule has 0 unspecified atom stereocenters. The Bertz CT molecular complexity index is 906. The summed E-state index contributed by atoms with van der Waals surface area (Å²) in [5.74, 6) is 1.79. The minimum Gasteiger partial charge on any atom is -0.355 e. The van der Waals surface area contributed by atoms with E-state index >= 15 is 0 Å². The molecule has 0 spiro atoms. The highest BCUT2D eigenvalue weighted by atomic mass is 15.3. The number of nitrogens with one attached hydrogen (secondary N) is 1. The van der Waals surface area contributed by atoms with Gasteiger partial charge in [0.15, 0.2) is 5.65 Å². The third-order valence-corrected chi connectivity index (χ3v) is 4.74. The van der Waals surface area contributed by atoms with Crippen LogP contribution in [0.15, 0.2) is 24.4 Å². The van der Waals surface area contributed by atoms with Crippen LogP contribution in [0.3, 0.4) is 0 Å². The van der Waals surface area contributed by atoms with E-state index in [1.807, 2.05) is 17.8 Å². The fourth-order valence-corrected chi connectivity index (χ4v) is 3.52. The minimum absolute atomic E-state index is 0.784. The molecule has 1 fully saturated rings. The summed E-state index contributed by atoms with van der Waals surface area (Å²) in [6.45, 7) is 10.2. The summed E-state index contributed by atoms with van der Waals surface area (Å²) in [7, 11) is 0. The molecule has 0 aliphatic carbocycles. The zero-order chi connectivity index (χ0) is 17.4. The molecule has 0 radical (unpaired) electrons. The summed E-state index contributed by atoms with van der Waals surface area (Å²) >= 11 is 0. The van der Waals surface area contributed by atoms with Crippen LogP contribution in [0, 0.1) is 20.8 Å². The molecular formula is C19H24N6. The molecule has 1 aliphatic rings. The van der Waals surface area contributed by atoms with Gasteiger partial charge in [0.05, 0.1) is 17.3 Å². The van der Waals surface area contributed by atoms with Crippen molar-refractivity contribution in [3.8, 4) is 5.69 Å². The maximum Gasteiger partial charge on any atom is 0.168 e. The predicted octanol–water partition coefficient (Wildman–Crippen LogP) is 2.54. The number of anilines is 1. The van der Waals surface area contributed by atoms with Gasteiger partial charge in [-0.2, -0.15) is 5.10 Å². The topological polar surface area (TPSA) is 58.9 Å². The van der Waals surface area contributed by atoms with Crippen LogP contribution < -0.4 is 10.2 Å². The Morgan fingerprint density at radius 2 is 1.92 bits per heavy atom. The van der Waals surface area contributed by atoms with Gasteiger partial charge in [-0.1, -0.05) is 17.7 Å². The van der Waals surface area contributed by atoms with Crippen LogP contribution in [0.4, 0.5) is 5.82 Å². The van der Waals surface area contributed by atoms with Gasteiger partial charge in [-0.05, 0) is 45.4 Å². The number of hydrogen-bond donors (Lipinski definition) is 1. The molecule has 1 N–H and O–H groups in total. The summed E-state index contributed by atoms with van der Waals surface area (Å²) in [6.07, 6.45) is 3.03. The Labute approximate surface area is 147 Å². The quantitative estimate of drug-likeness (QED) is 0.779. The summed E-state index contributed by atoms with van der Waals surface area (Å²) in [6, 6.07) is 6.41. The fraction of sp³-hybridized carbons (Fsp3) is 0.421. The molecule has 1 saturated heterocycles. The molecule has 2 aromatic heterocycles. The zero-order valence-corrected chi connectivity index (χ0v) is 15.1. The lowest BCUT2D eigenvalue weighted by atomic mass is 10.1. The fourth-order valence-electron chi connectivity index (χ4n) is 3.52. The van der Waals surface area contributed by atoms with Crippen molar-refractivity contribution in [1.82, 2.24) is 25.1 Å². The number of benzene rings is 1. The van der Waals surface area contributed by atoms with Gasteiger partial charge < -0.3 is 10.2 Å². The van der Waals surface area contributed by atoms with Gasteiger partial charge in [0, 0.05) is 19.6 Å². The molecule has 25 heavy (non-hydrogen) atoms. The second kappa shape index (κ2) is 6.44. The summed E-state index contributed by atoms with van der Waals surface area (Å²) in [5, 5.41) is 9.12. The molecule has 3 aromatic rings. The molecule has 1 aromatic carbocycles. The molecule has 3 heterocycles. The molecule has 130 valence electrons. The maximum absolute atomic E-state index is 4.74. The highest BCUT2D eigenvalue weighted by molar-refractivity contribution is 5.88. The van der Waals surface area contributed by atoms with E-state index in [0.717, 1.165) is 61.0 Å². The van der Waals surface area contributed by atoms with Crippen molar-refractivity contribution in [2.24, 2.45) is 0 Å². The molecule has 6 nitrogen and oxygen atoms in total. The normalized spacial score (nSPS) is 15.6. The van der Waals surface area contributed by atoms with E-state index in [9.17, 15) is 0 Å². The largest absolute Gasteiger partial charge is 0.355 e. The van der Waals surface area contributed by atoms with Crippen LogP contribution in [0.2, 0.25) is 0 Å². The number of fused-ring (bicyclic) bond motifs is 1. The van der Waals surface area contributed by atoms with E-state index < -0.39 is 0 Å². The summed E-state index contributed by atoms with van der Waals surface area (Å²) in [5.41, 5.74) is 4.40. The first-order chi connectivity index (χ1) is 12.1. The van der Waals surface area contributed by atoms with Crippen LogP contribution in [0.1, 0.15) is 23.4 Å². The van der Waals surface area contributed by atoms with E-state index in [1.165, 1.54) is 11.1 Å². The number of aryl methyl sites for hydroxylation is 3. The van der Waals surface area contributed by atoms with Crippen molar-refractivity contribution in [3.05, 3.63) is 41.3 Å². The molecular weight excluding hydrogens is 312 g/mol. The lowest BCUT2D eigenvalue weighted by Crippen LogP contribution is -2.29. The summed E-state index contributed by atoms with van der Waals surface area (Å²) < 4.78 is 1.94. The number of rotatable bonds is 2. The molecule has 0 saturated carbocycles. The molecule has 0 amide bonds. The smallest absolute Gasteiger partial charge is 0.168 e. The highest BCUT2D eigenvalue weighted by Crippen LogP contribution is 2.27. The van der Waals surface area contributed by atoms with E-state index in [2.05, 4.69) is 47.4 Å². The van der Waals surface area contributed by atoms with Crippen molar-refractivity contribution in [2.45, 2.75) is 27.2 Å². The zero-order valence-electron chi connectivity index (χ0n) is 15.1. The van der Waals surface area contributed by atoms with Gasteiger partial charge in [0.2, 0.25) is 0 Å². The SMILES string of the molecule is Cc1ccc(-n2ncc3c(N4CCCNCC4)nc(C)nc32)c(C)c1. The van der Waals surface area contributed by atoms with Gasteiger partial charge >= 0.3 is 0 Å². The first-order valence-corrected chi connectivity index (χ1v) is 8.89. The van der Waals surface area contributed by atoms with Gasteiger partial charge in [0.25, 0.3) is 0 Å². The highest BCUT2D eigenvalue weighted by Gasteiger charge is 2.19. The van der Waals surface area contributed by atoms with E-state index in [0.29, 0.717) is 0 Å². The van der Waals surface area contributed by atoms with Crippen molar-refractivity contribution in [3.63, 3.8) is 0 Å². The Balaban J connectivity index is 1.86. The Kier molecular flexibility index (Phi) is 4.13. The third-order valence-electron chi connectivity index (χ3n) is 4.74. The van der Waals surface area contributed by atoms with E-state index in [1.54, 1.807) is 0 Å². The molecule has 0 bridgehead atoms. The van der Waals surface area contributed by atoms with Crippen LogP contribution in [-0.2, 0) is 0 Å². The van der Waals surface area contributed by atoms with Crippen LogP contribution in [-0.4, -0.2) is 45.9 Å². The van der Waals surface area contributed by atoms with Gasteiger partial charge in [0.1, 0.15) is 11.6 Å². The van der Waals surface area contributed by atoms with Crippen molar-refractivity contribution < 1.29 is 0 Å². The van der Waals surface area contributed by atoms with Gasteiger partial charge in [-0.15, -0.1) is 0 Å². The monoisotopic (exact) mass is 336 g/mol. The average Bonchev–Trinajstić information content (AvgIpc) is 2.81. The first kappa shape index (κ1) is 16.0. The van der Waals surface area contributed by atoms with Crippen LogP contribution in [0.25, 0.3) is 16.7 Å². The first-order valence-electron chi connectivity index (χ1n) is 8.89. The number of aromatic nitrogens is 4. The Morgan fingerprint density at radius 3 is 2.76 bits per heavy atom. The van der Waals surface area contributed by atoms with Crippen molar-refractivity contribution in [1.29, 1.82) is 0 Å². The number of nitrogens with zero attached hydrogens (tertiary/aromatic N) is 5. The van der Waals surface area contributed by atoms with Crippen molar-refractivity contribution >= 4 is 16.9 Å². The van der Waals surface area contributed by atoms with Crippen molar-refractivity contribution in [2.75, 3.05) is 31.1 Å². The van der Waals surface area contributed by atoms with Crippen LogP contribution >= 0.6 is 0 Å². The number of hydrogen-bond acceptors (Lipinski definition) is 5. The average molecular weight is 336 g/mol. The maximum atomic E-state index is 4.74. The lowest BCUT2D eigenvalue weighted by molar-refractivity contribution is 0.724.